The Hall–Kier alpha value is -2.55. The minimum absolute atomic E-state index is 0.0325. The Morgan fingerprint density at radius 1 is 0.439 bits per heavy atom. The first kappa shape index (κ1) is 79.5. The molecule has 1 amide bonds. The number of rotatable bonds is 63. The number of nitrogens with one attached hydrogen (secondary N) is 1. The lowest BCUT2D eigenvalue weighted by atomic mass is 10.0. The Labute approximate surface area is 508 Å². The average Bonchev–Trinajstić information content (AvgIpc) is 3.47. The van der Waals surface area contributed by atoms with E-state index in [1.54, 1.807) is 0 Å². The van der Waals surface area contributed by atoms with E-state index in [9.17, 15) is 19.0 Å². The maximum absolute atomic E-state index is 13.6. The monoisotopic (exact) mass is 1170 g/mol. The van der Waals surface area contributed by atoms with Gasteiger partial charge in [-0.2, -0.15) is 0 Å². The topological polar surface area (TPSA) is 111 Å². The second kappa shape index (κ2) is 61.5. The molecule has 10 heteroatoms. The number of likely N-dealkylation sites (N-methyl/N-ethyl adjacent to an activating group) is 1. The molecule has 0 aliphatic carbocycles. The van der Waals surface area contributed by atoms with Crippen LogP contribution in [0, 0.1) is 0 Å². The molecular weight excluding hydrogens is 1040 g/mol. The van der Waals surface area contributed by atoms with Crippen molar-refractivity contribution in [1.82, 2.24) is 5.32 Å². The summed E-state index contributed by atoms with van der Waals surface area (Å²) in [5, 5.41) is 3.05. The highest BCUT2D eigenvalue weighted by molar-refractivity contribution is 7.47. The second-order valence-corrected chi connectivity index (χ2v) is 26.1. The van der Waals surface area contributed by atoms with Gasteiger partial charge in [-0.25, -0.2) is 4.57 Å². The number of quaternary nitrogens is 1. The van der Waals surface area contributed by atoms with Gasteiger partial charge < -0.3 is 19.4 Å². The molecule has 0 saturated heterocycles. The van der Waals surface area contributed by atoms with E-state index in [4.69, 9.17) is 13.8 Å². The highest BCUT2D eigenvalue weighted by Crippen LogP contribution is 2.43. The molecule has 0 fully saturated rings. The van der Waals surface area contributed by atoms with Crippen molar-refractivity contribution in [3.63, 3.8) is 0 Å². The number of carbonyl (C=O) groups excluding carboxylic acids is 2. The van der Waals surface area contributed by atoms with Crippen LogP contribution in [-0.2, 0) is 27.9 Å². The number of phosphoric acid groups is 1. The van der Waals surface area contributed by atoms with Crippen molar-refractivity contribution in [3.8, 4) is 0 Å². The molecule has 82 heavy (non-hydrogen) atoms. The number of nitrogens with zero attached hydrogens (tertiary/aromatic N) is 1. The molecule has 9 nitrogen and oxygen atoms in total. The summed E-state index contributed by atoms with van der Waals surface area (Å²) in [5.74, 6) is -0.532. The van der Waals surface area contributed by atoms with Crippen LogP contribution in [0.25, 0.3) is 0 Å². The van der Waals surface area contributed by atoms with Gasteiger partial charge in [0, 0.05) is 12.8 Å². The summed E-state index contributed by atoms with van der Waals surface area (Å²) in [4.78, 5) is 37.8. The van der Waals surface area contributed by atoms with Gasteiger partial charge in [0.2, 0.25) is 5.91 Å². The molecule has 0 spiro atoms. The number of amides is 1. The molecule has 0 saturated carbocycles. The van der Waals surface area contributed by atoms with Crippen molar-refractivity contribution in [2.45, 2.75) is 335 Å². The number of esters is 1. The first-order chi connectivity index (χ1) is 39.9. The van der Waals surface area contributed by atoms with E-state index in [-0.39, 0.29) is 31.5 Å². The fourth-order valence-corrected chi connectivity index (χ4v) is 10.8. The van der Waals surface area contributed by atoms with Crippen LogP contribution in [0.15, 0.2) is 72.9 Å². The molecule has 0 bridgehead atoms. The quantitative estimate of drug-likeness (QED) is 0.0205. The number of unbranched alkanes of at least 4 members (excludes halogenated alkanes) is 37. The first-order valence-corrected chi connectivity index (χ1v) is 36.3. The van der Waals surface area contributed by atoms with Gasteiger partial charge in [0.1, 0.15) is 19.3 Å². The summed E-state index contributed by atoms with van der Waals surface area (Å²) in [7, 11) is 1.48. The molecule has 0 aromatic carbocycles. The summed E-state index contributed by atoms with van der Waals surface area (Å²) in [6.07, 6.45) is 80.7. The lowest BCUT2D eigenvalue weighted by molar-refractivity contribution is -0.870. The Morgan fingerprint density at radius 2 is 0.780 bits per heavy atom. The number of carbonyl (C=O) groups is 2. The van der Waals surface area contributed by atoms with Crippen molar-refractivity contribution >= 4 is 19.7 Å². The third-order valence-electron chi connectivity index (χ3n) is 15.4. The van der Waals surface area contributed by atoms with Crippen molar-refractivity contribution in [3.05, 3.63) is 72.9 Å². The molecule has 0 heterocycles. The zero-order chi connectivity index (χ0) is 60.0. The predicted octanol–water partition coefficient (Wildman–Crippen LogP) is 22.0. The summed E-state index contributed by atoms with van der Waals surface area (Å²) in [6, 6.07) is -0.867. The van der Waals surface area contributed by atoms with E-state index in [0.29, 0.717) is 23.9 Å². The second-order valence-electron chi connectivity index (χ2n) is 24.7. The number of phosphoric ester groups is 1. The average molecular weight is 1170 g/mol. The van der Waals surface area contributed by atoms with E-state index in [2.05, 4.69) is 86.8 Å². The molecule has 3 unspecified atom stereocenters. The van der Waals surface area contributed by atoms with Gasteiger partial charge >= 0.3 is 13.8 Å². The van der Waals surface area contributed by atoms with Crippen LogP contribution in [0.5, 0.6) is 0 Å². The fourth-order valence-electron chi connectivity index (χ4n) is 10.1. The Bertz CT molecular complexity index is 1630. The van der Waals surface area contributed by atoms with E-state index in [0.717, 1.165) is 89.9 Å². The van der Waals surface area contributed by atoms with E-state index < -0.39 is 20.0 Å². The van der Waals surface area contributed by atoms with Crippen molar-refractivity contribution in [2.75, 3.05) is 40.9 Å². The molecular formula is C72H134N2O7P+. The maximum atomic E-state index is 13.6. The van der Waals surface area contributed by atoms with E-state index in [1.165, 1.54) is 193 Å². The van der Waals surface area contributed by atoms with E-state index in [1.807, 2.05) is 33.3 Å². The van der Waals surface area contributed by atoms with Crippen LogP contribution < -0.4 is 5.32 Å². The number of hydrogen-bond acceptors (Lipinski definition) is 6. The van der Waals surface area contributed by atoms with Crippen LogP contribution in [0.1, 0.15) is 323 Å². The van der Waals surface area contributed by atoms with Gasteiger partial charge in [0.15, 0.2) is 0 Å². The van der Waals surface area contributed by atoms with Gasteiger partial charge in [0.25, 0.3) is 0 Å². The zero-order valence-electron chi connectivity index (χ0n) is 54.7. The molecule has 2 N–H and O–H groups in total. The standard InChI is InChI=1S/C72H133N2O7P/c1-7-10-13-16-19-22-25-28-30-32-34-35-36-37-38-39-41-43-45-47-50-53-56-59-62-65-72(76)81-70(63-60-57-54-51-48-27-24-21-18-15-12-9-3)69(68-80-82(77,78)79-67-66-74(4,5)6)73-71(75)64-61-58-55-52-49-46-44-42-40-33-31-29-26-23-20-17-14-11-8-2/h11,14,20,23,29,31,40,42,46,49,60,63,69-70H,7-10,12-13,15-19,21-22,24-28,30,32-39,41,43-45,47-48,50-59,61-62,64-68H2,1-6H3,(H-,73,75,77,78)/p+1/b14-11-,23-20-,31-29-,42-40-,49-46-,63-60-. The molecule has 0 radical (unpaired) electrons. The molecule has 3 atom stereocenters. The van der Waals surface area contributed by atoms with Crippen molar-refractivity contribution < 1.29 is 37.3 Å². The predicted molar refractivity (Wildman–Crippen MR) is 355 cm³/mol. The van der Waals surface area contributed by atoms with Gasteiger partial charge in [-0.05, 0) is 76.7 Å². The summed E-state index contributed by atoms with van der Waals surface area (Å²) in [6.45, 7) is 6.91. The third kappa shape index (κ3) is 62.0. The number of ether oxygens (including phenoxy) is 1. The van der Waals surface area contributed by atoms with Gasteiger partial charge in [0.05, 0.1) is 33.8 Å². The van der Waals surface area contributed by atoms with Crippen LogP contribution in [0.4, 0.5) is 0 Å². The summed E-state index contributed by atoms with van der Waals surface area (Å²) in [5.41, 5.74) is 0. The lowest BCUT2D eigenvalue weighted by Gasteiger charge is -2.27. The molecule has 0 aliphatic heterocycles. The molecule has 0 aromatic rings. The smallest absolute Gasteiger partial charge is 0.456 e. The third-order valence-corrected chi connectivity index (χ3v) is 16.4. The SMILES string of the molecule is CC/C=C\C/C=C\C/C=C\C/C=C\C/C=C\CCCCCC(=O)NC(COP(=O)(O)OCC[N+](C)(C)C)C(/C=C\CCCCCCCCCCCC)OC(=O)CCCCCCCCCCCCCCCCCCCCCCCCCCC. The van der Waals surface area contributed by atoms with Gasteiger partial charge in [-0.15, -0.1) is 0 Å². The Kier molecular flexibility index (Phi) is 59.6. The van der Waals surface area contributed by atoms with Crippen LogP contribution >= 0.6 is 7.82 Å². The number of allylic oxidation sites excluding steroid dienone is 11. The molecule has 0 rings (SSSR count). The Balaban J connectivity index is 5.10. The molecule has 0 aliphatic rings. The lowest BCUT2D eigenvalue weighted by Crippen LogP contribution is -2.47. The van der Waals surface area contributed by atoms with Crippen LogP contribution in [-0.4, -0.2) is 74.3 Å². The Morgan fingerprint density at radius 3 is 1.18 bits per heavy atom. The van der Waals surface area contributed by atoms with Crippen molar-refractivity contribution in [2.24, 2.45) is 0 Å². The summed E-state index contributed by atoms with van der Waals surface area (Å²) >= 11 is 0. The van der Waals surface area contributed by atoms with Crippen LogP contribution in [0.2, 0.25) is 0 Å². The zero-order valence-corrected chi connectivity index (χ0v) is 55.6. The highest BCUT2D eigenvalue weighted by atomic mass is 31.2. The number of hydrogen-bond donors (Lipinski definition) is 2. The first-order valence-electron chi connectivity index (χ1n) is 34.8. The van der Waals surface area contributed by atoms with Crippen molar-refractivity contribution in [1.29, 1.82) is 0 Å². The largest absolute Gasteiger partial charge is 0.472 e. The minimum Gasteiger partial charge on any atom is -0.456 e. The van der Waals surface area contributed by atoms with E-state index >= 15 is 0 Å². The minimum atomic E-state index is -4.46. The molecule has 0 aromatic heterocycles. The fraction of sp³-hybridized carbons (Fsp3) is 0.806. The molecule has 478 valence electrons. The highest BCUT2D eigenvalue weighted by Gasteiger charge is 2.30. The van der Waals surface area contributed by atoms with Gasteiger partial charge in [-0.3, -0.25) is 18.6 Å². The van der Waals surface area contributed by atoms with Gasteiger partial charge in [-0.1, -0.05) is 306 Å². The maximum Gasteiger partial charge on any atom is 0.472 e. The normalized spacial score (nSPS) is 14.0. The summed E-state index contributed by atoms with van der Waals surface area (Å²) < 4.78 is 30.8. The van der Waals surface area contributed by atoms with Crippen LogP contribution in [0.3, 0.4) is 0 Å².